The highest BCUT2D eigenvalue weighted by Gasteiger charge is 2.24. The Morgan fingerprint density at radius 1 is 1.56 bits per heavy atom. The second-order valence-electron chi connectivity index (χ2n) is 4.44. The molecule has 2 heterocycles. The fourth-order valence-corrected chi connectivity index (χ4v) is 3.78. The molecule has 1 atom stereocenters. The summed E-state index contributed by atoms with van der Waals surface area (Å²) in [5.41, 5.74) is 1.18. The maximum atomic E-state index is 11.4. The molecule has 0 radical (unpaired) electrons. The van der Waals surface area contributed by atoms with Gasteiger partial charge in [0, 0.05) is 31.5 Å². The van der Waals surface area contributed by atoms with Crippen LogP contribution in [0.4, 0.5) is 0 Å². The maximum Gasteiger partial charge on any atom is 0.151 e. The maximum absolute atomic E-state index is 11.4. The monoisotopic (exact) mass is 242 g/mol. The lowest BCUT2D eigenvalue weighted by Crippen LogP contribution is -2.39. The van der Waals surface area contributed by atoms with Gasteiger partial charge in [-0.25, -0.2) is 8.42 Å². The summed E-state index contributed by atoms with van der Waals surface area (Å²) in [4.78, 5) is 0. The molecule has 1 aromatic rings. The van der Waals surface area contributed by atoms with Gasteiger partial charge >= 0.3 is 0 Å². The molecule has 0 aromatic carbocycles. The standard InChI is InChI=1S/C11H18N2O2S/c1-13-6-2-5-11(13)8-12-10-4-3-7-16(14,15)9-10/h2,5-6,10,12H,3-4,7-9H2,1H3. The number of aromatic nitrogens is 1. The minimum Gasteiger partial charge on any atom is -0.353 e. The molecule has 0 saturated carbocycles. The molecule has 1 aliphatic rings. The molecule has 0 spiro atoms. The van der Waals surface area contributed by atoms with Gasteiger partial charge in [0.2, 0.25) is 0 Å². The van der Waals surface area contributed by atoms with Crippen molar-refractivity contribution >= 4 is 9.84 Å². The summed E-state index contributed by atoms with van der Waals surface area (Å²) in [6, 6.07) is 4.16. The number of rotatable bonds is 3. The van der Waals surface area contributed by atoms with E-state index in [1.54, 1.807) is 0 Å². The summed E-state index contributed by atoms with van der Waals surface area (Å²) in [7, 11) is -0.808. The third-order valence-corrected chi connectivity index (χ3v) is 4.91. The predicted octanol–water partition coefficient (Wildman–Crippen LogP) is 0.692. The third-order valence-electron chi connectivity index (χ3n) is 3.09. The summed E-state index contributed by atoms with van der Waals surface area (Å²) < 4.78 is 24.9. The zero-order chi connectivity index (χ0) is 11.6. The van der Waals surface area contributed by atoms with Crippen molar-refractivity contribution in [1.82, 2.24) is 9.88 Å². The molecule has 1 unspecified atom stereocenters. The van der Waals surface area contributed by atoms with E-state index in [4.69, 9.17) is 0 Å². The topological polar surface area (TPSA) is 51.1 Å². The first-order valence-corrected chi connectivity index (χ1v) is 7.43. The SMILES string of the molecule is Cn1cccc1CNC1CCCS(=O)(=O)C1. The summed E-state index contributed by atoms with van der Waals surface area (Å²) in [5, 5.41) is 3.32. The van der Waals surface area contributed by atoms with Gasteiger partial charge in [0.05, 0.1) is 11.5 Å². The zero-order valence-electron chi connectivity index (χ0n) is 9.52. The predicted molar refractivity (Wildman–Crippen MR) is 63.9 cm³/mol. The summed E-state index contributed by atoms with van der Waals surface area (Å²) >= 11 is 0. The molecule has 16 heavy (non-hydrogen) atoms. The first kappa shape index (κ1) is 11.7. The number of nitrogens with one attached hydrogen (secondary N) is 1. The van der Waals surface area contributed by atoms with Crippen LogP contribution in [-0.4, -0.2) is 30.5 Å². The van der Waals surface area contributed by atoms with Gasteiger partial charge in [-0.2, -0.15) is 0 Å². The minimum absolute atomic E-state index is 0.119. The van der Waals surface area contributed by atoms with Crippen molar-refractivity contribution < 1.29 is 8.42 Å². The van der Waals surface area contributed by atoms with Crippen molar-refractivity contribution in [3.8, 4) is 0 Å². The van der Waals surface area contributed by atoms with E-state index in [0.29, 0.717) is 5.75 Å². The summed E-state index contributed by atoms with van der Waals surface area (Å²) in [6.45, 7) is 0.740. The van der Waals surface area contributed by atoms with Gasteiger partial charge in [-0.1, -0.05) is 0 Å². The van der Waals surface area contributed by atoms with Gasteiger partial charge in [-0.05, 0) is 25.0 Å². The molecular weight excluding hydrogens is 224 g/mol. The van der Waals surface area contributed by atoms with Crippen molar-refractivity contribution in [1.29, 1.82) is 0 Å². The number of aryl methyl sites for hydroxylation is 1. The fraction of sp³-hybridized carbons (Fsp3) is 0.636. The van der Waals surface area contributed by atoms with Crippen LogP contribution >= 0.6 is 0 Å². The van der Waals surface area contributed by atoms with E-state index >= 15 is 0 Å². The highest BCUT2D eigenvalue weighted by molar-refractivity contribution is 7.91. The van der Waals surface area contributed by atoms with E-state index in [9.17, 15) is 8.42 Å². The van der Waals surface area contributed by atoms with Crippen molar-refractivity contribution in [2.24, 2.45) is 7.05 Å². The Morgan fingerprint density at radius 3 is 3.00 bits per heavy atom. The molecule has 1 fully saturated rings. The van der Waals surface area contributed by atoms with Crippen LogP contribution < -0.4 is 5.32 Å². The van der Waals surface area contributed by atoms with Gasteiger partial charge in [0.25, 0.3) is 0 Å². The second-order valence-corrected chi connectivity index (χ2v) is 6.67. The average molecular weight is 242 g/mol. The smallest absolute Gasteiger partial charge is 0.151 e. The van der Waals surface area contributed by atoms with Crippen molar-refractivity contribution in [3.05, 3.63) is 24.0 Å². The molecule has 0 bridgehead atoms. The molecule has 0 amide bonds. The van der Waals surface area contributed by atoms with E-state index < -0.39 is 9.84 Å². The molecule has 5 heteroatoms. The third kappa shape index (κ3) is 2.86. The Hall–Kier alpha value is -0.810. The molecule has 4 nitrogen and oxygen atoms in total. The summed E-state index contributed by atoms with van der Waals surface area (Å²) in [6.07, 6.45) is 3.74. The van der Waals surface area contributed by atoms with Crippen LogP contribution in [0, 0.1) is 0 Å². The van der Waals surface area contributed by atoms with Crippen LogP contribution in [0.5, 0.6) is 0 Å². The molecule has 1 aliphatic heterocycles. The molecule has 1 saturated heterocycles. The zero-order valence-corrected chi connectivity index (χ0v) is 10.3. The van der Waals surface area contributed by atoms with E-state index in [1.807, 2.05) is 29.9 Å². The largest absolute Gasteiger partial charge is 0.353 e. The van der Waals surface area contributed by atoms with Crippen molar-refractivity contribution in [2.75, 3.05) is 11.5 Å². The Bertz CT molecular complexity index is 450. The number of hydrogen-bond acceptors (Lipinski definition) is 3. The fourth-order valence-electron chi connectivity index (χ4n) is 2.11. The van der Waals surface area contributed by atoms with Crippen LogP contribution in [0.25, 0.3) is 0 Å². The van der Waals surface area contributed by atoms with E-state index in [1.165, 1.54) is 5.69 Å². The lowest BCUT2D eigenvalue weighted by molar-refractivity contribution is 0.474. The molecule has 90 valence electrons. The number of nitrogens with zero attached hydrogens (tertiary/aromatic N) is 1. The number of sulfone groups is 1. The van der Waals surface area contributed by atoms with E-state index in [-0.39, 0.29) is 11.8 Å². The minimum atomic E-state index is -2.80. The van der Waals surface area contributed by atoms with Gasteiger partial charge in [0.1, 0.15) is 0 Å². The van der Waals surface area contributed by atoms with Gasteiger partial charge in [-0.3, -0.25) is 0 Å². The first-order valence-electron chi connectivity index (χ1n) is 5.61. The van der Waals surface area contributed by atoms with Gasteiger partial charge in [-0.15, -0.1) is 0 Å². The Morgan fingerprint density at radius 2 is 2.38 bits per heavy atom. The van der Waals surface area contributed by atoms with Gasteiger partial charge in [0.15, 0.2) is 9.84 Å². The lowest BCUT2D eigenvalue weighted by atomic mass is 10.2. The summed E-state index contributed by atoms with van der Waals surface area (Å²) in [5.74, 6) is 0.646. The Kier molecular flexibility index (Phi) is 3.35. The van der Waals surface area contributed by atoms with Crippen LogP contribution in [0.3, 0.4) is 0 Å². The van der Waals surface area contributed by atoms with Crippen molar-refractivity contribution in [2.45, 2.75) is 25.4 Å². The Balaban J connectivity index is 1.89. The molecule has 1 aromatic heterocycles. The highest BCUT2D eigenvalue weighted by atomic mass is 32.2. The van der Waals surface area contributed by atoms with Crippen LogP contribution in [-0.2, 0) is 23.4 Å². The number of hydrogen-bond donors (Lipinski definition) is 1. The normalized spacial score (nSPS) is 24.4. The molecule has 1 N–H and O–H groups in total. The van der Waals surface area contributed by atoms with E-state index in [0.717, 1.165) is 19.4 Å². The molecular formula is C11H18N2O2S. The molecule has 2 rings (SSSR count). The van der Waals surface area contributed by atoms with Crippen LogP contribution in [0.15, 0.2) is 18.3 Å². The van der Waals surface area contributed by atoms with Crippen molar-refractivity contribution in [3.63, 3.8) is 0 Å². The quantitative estimate of drug-likeness (QED) is 0.848. The lowest BCUT2D eigenvalue weighted by Gasteiger charge is -2.23. The first-order chi connectivity index (χ1) is 7.57. The Labute approximate surface area is 96.6 Å². The second kappa shape index (κ2) is 4.59. The van der Waals surface area contributed by atoms with Crippen LogP contribution in [0.2, 0.25) is 0 Å². The molecule has 0 aliphatic carbocycles. The van der Waals surface area contributed by atoms with Gasteiger partial charge < -0.3 is 9.88 Å². The average Bonchev–Trinajstić information content (AvgIpc) is 2.60. The van der Waals surface area contributed by atoms with Crippen LogP contribution in [0.1, 0.15) is 18.5 Å². The van der Waals surface area contributed by atoms with E-state index in [2.05, 4.69) is 5.32 Å². The highest BCUT2D eigenvalue weighted by Crippen LogP contribution is 2.12.